The van der Waals surface area contributed by atoms with Crippen molar-refractivity contribution >= 4 is 34.3 Å². The Morgan fingerprint density at radius 3 is 2.80 bits per heavy atom. The number of nitrogens with two attached hydrogens (primary N) is 1. The Kier molecular flexibility index (Phi) is 4.97. The van der Waals surface area contributed by atoms with Crippen LogP contribution in [0.3, 0.4) is 0 Å². The topological polar surface area (TPSA) is 115 Å². The lowest BCUT2D eigenvalue weighted by molar-refractivity contribution is 0.258. The van der Waals surface area contributed by atoms with Gasteiger partial charge in [-0.25, -0.2) is 19.7 Å². The fourth-order valence-electron chi connectivity index (χ4n) is 3.18. The number of benzene rings is 1. The van der Waals surface area contributed by atoms with Crippen molar-refractivity contribution in [1.82, 2.24) is 24.7 Å². The Morgan fingerprint density at radius 2 is 2.03 bits per heavy atom. The number of pyridine rings is 1. The van der Waals surface area contributed by atoms with Crippen molar-refractivity contribution in [3.8, 4) is 0 Å². The molecule has 9 nitrogen and oxygen atoms in total. The fourth-order valence-corrected chi connectivity index (χ4v) is 3.18. The molecule has 4 aromatic rings. The number of carbonyl (C=O) groups is 1. The standard InChI is InChI=1S/C20H19FN8O/c1-12-19-14(26-20(30)28(2)18-9-17(22)23-11-24-18)6-4-7-15(19)29(27-12)10-13-5-3-8-16(21)25-13/h3-9,11H,10H2,1-2H3,(H,26,30)(H2,22,23,24). The lowest BCUT2D eigenvalue weighted by Gasteiger charge is -2.17. The Morgan fingerprint density at radius 1 is 1.23 bits per heavy atom. The normalized spacial score (nSPS) is 10.9. The number of urea groups is 1. The molecular weight excluding hydrogens is 387 g/mol. The van der Waals surface area contributed by atoms with Crippen LogP contribution in [0, 0.1) is 12.9 Å². The van der Waals surface area contributed by atoms with Crippen LogP contribution in [-0.2, 0) is 6.54 Å². The van der Waals surface area contributed by atoms with E-state index in [2.05, 4.69) is 25.4 Å². The lowest BCUT2D eigenvalue weighted by atomic mass is 10.1. The number of carbonyl (C=O) groups excluding carboxylic acids is 1. The Hall–Kier alpha value is -4.08. The van der Waals surface area contributed by atoms with E-state index in [1.165, 1.54) is 23.4 Å². The van der Waals surface area contributed by atoms with Gasteiger partial charge in [0.2, 0.25) is 5.95 Å². The summed E-state index contributed by atoms with van der Waals surface area (Å²) in [7, 11) is 1.59. The summed E-state index contributed by atoms with van der Waals surface area (Å²) in [6, 6.07) is 11.3. The molecular formula is C20H19FN8O. The van der Waals surface area contributed by atoms with Gasteiger partial charge in [0.1, 0.15) is 18.0 Å². The first-order valence-electron chi connectivity index (χ1n) is 9.12. The number of nitrogens with one attached hydrogen (secondary N) is 1. The molecule has 0 fully saturated rings. The van der Waals surface area contributed by atoms with E-state index in [4.69, 9.17) is 5.73 Å². The third kappa shape index (κ3) is 3.75. The summed E-state index contributed by atoms with van der Waals surface area (Å²) >= 11 is 0. The van der Waals surface area contributed by atoms with E-state index in [-0.39, 0.29) is 11.8 Å². The number of aryl methyl sites for hydroxylation is 1. The van der Waals surface area contributed by atoms with Gasteiger partial charge < -0.3 is 11.1 Å². The largest absolute Gasteiger partial charge is 0.384 e. The molecule has 30 heavy (non-hydrogen) atoms. The van der Waals surface area contributed by atoms with Gasteiger partial charge in [0.15, 0.2) is 0 Å². The highest BCUT2D eigenvalue weighted by atomic mass is 19.1. The summed E-state index contributed by atoms with van der Waals surface area (Å²) in [5.41, 5.74) is 8.34. The second-order valence-corrected chi connectivity index (χ2v) is 6.68. The molecule has 2 amide bonds. The summed E-state index contributed by atoms with van der Waals surface area (Å²) < 4.78 is 15.2. The number of halogens is 1. The van der Waals surface area contributed by atoms with Crippen molar-refractivity contribution < 1.29 is 9.18 Å². The molecule has 3 N–H and O–H groups in total. The summed E-state index contributed by atoms with van der Waals surface area (Å²) in [5.74, 6) is 0.101. The van der Waals surface area contributed by atoms with Crippen molar-refractivity contribution in [3.63, 3.8) is 0 Å². The van der Waals surface area contributed by atoms with Crippen molar-refractivity contribution in [2.24, 2.45) is 0 Å². The maximum absolute atomic E-state index is 13.4. The van der Waals surface area contributed by atoms with Crippen LogP contribution in [0.4, 0.5) is 26.5 Å². The average Bonchev–Trinajstić information content (AvgIpc) is 3.03. The highest BCUT2D eigenvalue weighted by Gasteiger charge is 2.17. The Balaban J connectivity index is 1.64. The number of anilines is 3. The molecule has 0 saturated heterocycles. The SMILES string of the molecule is Cc1nn(Cc2cccc(F)n2)c2cccc(NC(=O)N(C)c3cc(N)ncn3)c12. The second-order valence-electron chi connectivity index (χ2n) is 6.68. The molecule has 0 aliphatic heterocycles. The van der Waals surface area contributed by atoms with Gasteiger partial charge in [0.25, 0.3) is 0 Å². The third-order valence-corrected chi connectivity index (χ3v) is 4.60. The number of nitrogen functional groups attached to an aromatic ring is 1. The molecule has 0 unspecified atom stereocenters. The van der Waals surface area contributed by atoms with Gasteiger partial charge in [-0.1, -0.05) is 12.1 Å². The van der Waals surface area contributed by atoms with Crippen LogP contribution in [0.25, 0.3) is 10.9 Å². The average molecular weight is 406 g/mol. The molecule has 10 heteroatoms. The summed E-state index contributed by atoms with van der Waals surface area (Å²) in [6.07, 6.45) is 1.30. The summed E-state index contributed by atoms with van der Waals surface area (Å²) in [6.45, 7) is 2.15. The van der Waals surface area contributed by atoms with Crippen LogP contribution in [-0.4, -0.2) is 37.8 Å². The molecule has 0 aliphatic carbocycles. The van der Waals surface area contributed by atoms with Gasteiger partial charge in [-0.3, -0.25) is 9.58 Å². The highest BCUT2D eigenvalue weighted by molar-refractivity contribution is 6.07. The van der Waals surface area contributed by atoms with Crippen molar-refractivity contribution in [1.29, 1.82) is 0 Å². The first-order valence-corrected chi connectivity index (χ1v) is 9.12. The van der Waals surface area contributed by atoms with Gasteiger partial charge in [-0.2, -0.15) is 9.49 Å². The smallest absolute Gasteiger partial charge is 0.327 e. The minimum Gasteiger partial charge on any atom is -0.384 e. The highest BCUT2D eigenvalue weighted by Crippen LogP contribution is 2.27. The van der Waals surface area contributed by atoms with E-state index >= 15 is 0 Å². The maximum atomic E-state index is 13.4. The predicted molar refractivity (Wildman–Crippen MR) is 112 cm³/mol. The van der Waals surface area contributed by atoms with Crippen molar-refractivity contribution in [3.05, 3.63) is 66.1 Å². The van der Waals surface area contributed by atoms with Gasteiger partial charge in [0.05, 0.1) is 29.1 Å². The number of fused-ring (bicyclic) bond motifs is 1. The number of nitrogens with zero attached hydrogens (tertiary/aromatic N) is 6. The second kappa shape index (κ2) is 7.74. The van der Waals surface area contributed by atoms with Crippen LogP contribution in [0.2, 0.25) is 0 Å². The van der Waals surface area contributed by atoms with Crippen LogP contribution < -0.4 is 16.0 Å². The van der Waals surface area contributed by atoms with E-state index in [0.717, 1.165) is 16.6 Å². The summed E-state index contributed by atoms with van der Waals surface area (Å²) in [5, 5.41) is 8.23. The molecule has 152 valence electrons. The van der Waals surface area contributed by atoms with Gasteiger partial charge in [0, 0.05) is 18.5 Å². The minimum atomic E-state index is -0.540. The number of aromatic nitrogens is 5. The predicted octanol–water partition coefficient (Wildman–Crippen LogP) is 2.97. The molecule has 0 saturated carbocycles. The molecule has 0 bridgehead atoms. The van der Waals surface area contributed by atoms with Crippen LogP contribution in [0.5, 0.6) is 0 Å². The van der Waals surface area contributed by atoms with E-state index in [1.54, 1.807) is 29.9 Å². The lowest BCUT2D eigenvalue weighted by Crippen LogP contribution is -2.32. The van der Waals surface area contributed by atoms with E-state index in [9.17, 15) is 9.18 Å². The van der Waals surface area contributed by atoms with Gasteiger partial charge in [-0.05, 0) is 31.2 Å². The first kappa shape index (κ1) is 19.2. The van der Waals surface area contributed by atoms with Crippen LogP contribution in [0.15, 0.2) is 48.8 Å². The Labute approximate surface area is 171 Å². The zero-order valence-corrected chi connectivity index (χ0v) is 16.4. The molecule has 0 radical (unpaired) electrons. The van der Waals surface area contributed by atoms with Crippen LogP contribution in [0.1, 0.15) is 11.4 Å². The van der Waals surface area contributed by atoms with Crippen molar-refractivity contribution in [2.45, 2.75) is 13.5 Å². The Bertz CT molecular complexity index is 1240. The zero-order valence-electron chi connectivity index (χ0n) is 16.4. The van der Waals surface area contributed by atoms with Gasteiger partial charge >= 0.3 is 6.03 Å². The zero-order chi connectivity index (χ0) is 21.3. The molecule has 0 spiro atoms. The van der Waals surface area contributed by atoms with E-state index in [0.29, 0.717) is 23.7 Å². The van der Waals surface area contributed by atoms with E-state index < -0.39 is 5.95 Å². The molecule has 0 atom stereocenters. The number of hydrogen-bond acceptors (Lipinski definition) is 6. The molecule has 0 aliphatic rings. The molecule has 1 aromatic carbocycles. The van der Waals surface area contributed by atoms with Crippen LogP contribution >= 0.6 is 0 Å². The summed E-state index contributed by atoms with van der Waals surface area (Å²) in [4.78, 5) is 25.9. The monoisotopic (exact) mass is 406 g/mol. The minimum absolute atomic E-state index is 0.268. The first-order chi connectivity index (χ1) is 14.4. The maximum Gasteiger partial charge on any atom is 0.327 e. The quantitative estimate of drug-likeness (QED) is 0.504. The third-order valence-electron chi connectivity index (χ3n) is 4.60. The number of amides is 2. The van der Waals surface area contributed by atoms with Crippen molar-refractivity contribution in [2.75, 3.05) is 23.0 Å². The molecule has 3 heterocycles. The van der Waals surface area contributed by atoms with Gasteiger partial charge in [-0.15, -0.1) is 0 Å². The fraction of sp³-hybridized carbons (Fsp3) is 0.150. The number of hydrogen-bond donors (Lipinski definition) is 2. The number of rotatable bonds is 4. The molecule has 4 rings (SSSR count). The molecule has 3 aromatic heterocycles. The van der Waals surface area contributed by atoms with E-state index in [1.807, 2.05) is 19.1 Å².